The molecule has 2 atom stereocenters. The van der Waals surface area contributed by atoms with Crippen molar-refractivity contribution >= 4 is 67.1 Å². The van der Waals surface area contributed by atoms with Gasteiger partial charge in [-0.15, -0.1) is 22.7 Å². The Balaban J connectivity index is 0.000000172. The van der Waals surface area contributed by atoms with E-state index in [2.05, 4.69) is 43.8 Å². The molecular formula is C38H33N9O7S2. The lowest BCUT2D eigenvalue weighted by Gasteiger charge is -2.13. The number of esters is 1. The number of carbonyl (C=O) groups is 4. The number of benzene rings is 2. The Morgan fingerprint density at radius 2 is 1.27 bits per heavy atom. The van der Waals surface area contributed by atoms with Gasteiger partial charge in [0.15, 0.2) is 22.7 Å². The van der Waals surface area contributed by atoms with Crippen molar-refractivity contribution < 1.29 is 34.1 Å². The van der Waals surface area contributed by atoms with E-state index in [-0.39, 0.29) is 30.8 Å². The minimum Gasteiger partial charge on any atom is -0.461 e. The molecule has 8 rings (SSSR count). The molecule has 0 saturated carbocycles. The molecule has 6 heterocycles. The van der Waals surface area contributed by atoms with Crippen molar-refractivity contribution in [2.24, 2.45) is 5.73 Å². The molecule has 2 aliphatic rings. The molecule has 4 aromatic heterocycles. The van der Waals surface area contributed by atoms with Crippen LogP contribution in [0.2, 0.25) is 0 Å². The first kappa shape index (κ1) is 37.9. The van der Waals surface area contributed by atoms with Gasteiger partial charge >= 0.3 is 5.97 Å². The van der Waals surface area contributed by atoms with Crippen molar-refractivity contribution in [1.29, 1.82) is 0 Å². The zero-order valence-electron chi connectivity index (χ0n) is 30.2. The number of likely N-dealkylation sites (tertiary alicyclic amines) is 2. The number of fused-ring (bicyclic) bond motifs is 2. The standard InChI is InChI=1S/C20H18N4O4S.C18H15N5O3S/c1-3-28-18(25)15-16-17(21-12-29-16)24(22-15)14-6-4-5-13(11-14)7-8-20(27)9-10-23(2)19(20)26;1-22-8-7-18(26,17(22)25)6-5-11-3-2-4-12(9-11)23-16-14(27-10-20-16)13(21-23)15(19)24/h4-6,11-12,27H,3,9-10H2,1-2H3;2-4,9-10,26H,7-8H2,1H3,(H2,19,24)/t20-;18-/m00/s1. The topological polar surface area (TPSA) is 212 Å². The smallest absolute Gasteiger partial charge is 0.360 e. The summed E-state index contributed by atoms with van der Waals surface area (Å²) in [5, 5.41) is 29.5. The van der Waals surface area contributed by atoms with E-state index < -0.39 is 34.9 Å². The summed E-state index contributed by atoms with van der Waals surface area (Å²) in [6, 6.07) is 14.2. The molecule has 0 unspecified atom stereocenters. The summed E-state index contributed by atoms with van der Waals surface area (Å²) in [5.74, 6) is 9.23. The average Bonchev–Trinajstić information content (AvgIpc) is 4.05. The third-order valence-corrected chi connectivity index (χ3v) is 10.7. The fraction of sp³-hybridized carbons (Fsp3) is 0.263. The molecule has 2 saturated heterocycles. The first-order chi connectivity index (χ1) is 26.8. The van der Waals surface area contributed by atoms with Crippen LogP contribution in [0.25, 0.3) is 32.1 Å². The molecular weight excluding hydrogens is 759 g/mol. The van der Waals surface area contributed by atoms with Gasteiger partial charge in [0.1, 0.15) is 9.40 Å². The van der Waals surface area contributed by atoms with Crippen LogP contribution in [0.15, 0.2) is 59.6 Å². The van der Waals surface area contributed by atoms with Crippen molar-refractivity contribution in [2.75, 3.05) is 33.8 Å². The Morgan fingerprint density at radius 3 is 1.70 bits per heavy atom. The number of carbonyl (C=O) groups excluding carboxylic acids is 4. The summed E-state index contributed by atoms with van der Waals surface area (Å²) in [5.41, 5.74) is 9.32. The van der Waals surface area contributed by atoms with E-state index in [1.165, 1.54) is 37.2 Å². The Morgan fingerprint density at radius 1 is 0.804 bits per heavy atom. The van der Waals surface area contributed by atoms with E-state index >= 15 is 0 Å². The summed E-state index contributed by atoms with van der Waals surface area (Å²) in [7, 11) is 3.27. The second-order valence-corrected chi connectivity index (χ2v) is 14.6. The maximum atomic E-state index is 12.2. The SMILES string of the molecule is CCOC(=O)c1nn(-c2cccc(C#C[C@]3(O)CCN(C)C3=O)c2)c2ncsc12.CN1CC[C@@](O)(C#Cc2cccc(-n3nc(C(N)=O)c4scnc43)c2)C1=O. The highest BCUT2D eigenvalue weighted by Gasteiger charge is 2.43. The molecule has 2 fully saturated rings. The normalized spacial score (nSPS) is 19.0. The van der Waals surface area contributed by atoms with Crippen LogP contribution in [0.3, 0.4) is 0 Å². The van der Waals surface area contributed by atoms with E-state index in [0.717, 1.165) is 0 Å². The van der Waals surface area contributed by atoms with E-state index in [1.54, 1.807) is 79.2 Å². The van der Waals surface area contributed by atoms with Gasteiger partial charge in [-0.1, -0.05) is 35.8 Å². The fourth-order valence-corrected chi connectivity index (χ4v) is 7.56. The number of aromatic nitrogens is 6. The molecule has 2 aliphatic heterocycles. The highest BCUT2D eigenvalue weighted by molar-refractivity contribution is 7.17. The maximum Gasteiger partial charge on any atom is 0.360 e. The van der Waals surface area contributed by atoms with Crippen LogP contribution in [0.5, 0.6) is 0 Å². The Labute approximate surface area is 327 Å². The molecule has 2 aromatic carbocycles. The zero-order valence-corrected chi connectivity index (χ0v) is 31.8. The number of likely N-dealkylation sites (N-methyl/N-ethyl adjacent to an activating group) is 2. The first-order valence-corrected chi connectivity index (χ1v) is 18.9. The Hall–Kier alpha value is -6.44. The highest BCUT2D eigenvalue weighted by atomic mass is 32.1. The van der Waals surface area contributed by atoms with Gasteiger partial charge in [-0.25, -0.2) is 24.1 Å². The van der Waals surface area contributed by atoms with Crippen molar-refractivity contribution in [3.63, 3.8) is 0 Å². The highest BCUT2D eigenvalue weighted by Crippen LogP contribution is 2.28. The number of nitrogens with zero attached hydrogens (tertiary/aromatic N) is 8. The van der Waals surface area contributed by atoms with Crippen molar-refractivity contribution in [3.8, 4) is 35.1 Å². The van der Waals surface area contributed by atoms with Gasteiger partial charge in [-0.2, -0.15) is 10.2 Å². The molecule has 0 spiro atoms. The number of thiazole rings is 2. The van der Waals surface area contributed by atoms with E-state index in [9.17, 15) is 29.4 Å². The molecule has 0 aliphatic carbocycles. The number of primary amides is 1. The van der Waals surface area contributed by atoms with E-state index in [0.29, 0.717) is 56.3 Å². The number of rotatable bonds is 5. The van der Waals surface area contributed by atoms with Gasteiger partial charge in [0.2, 0.25) is 11.2 Å². The monoisotopic (exact) mass is 791 g/mol. The van der Waals surface area contributed by atoms with Crippen molar-refractivity contribution in [2.45, 2.75) is 31.0 Å². The van der Waals surface area contributed by atoms with Gasteiger partial charge in [0.05, 0.1) is 29.0 Å². The second kappa shape index (κ2) is 15.0. The van der Waals surface area contributed by atoms with Crippen LogP contribution < -0.4 is 5.73 Å². The second-order valence-electron chi connectivity index (χ2n) is 12.9. The van der Waals surface area contributed by atoms with Crippen LogP contribution in [0, 0.1) is 23.7 Å². The van der Waals surface area contributed by atoms with E-state index in [1.807, 2.05) is 6.07 Å². The summed E-state index contributed by atoms with van der Waals surface area (Å²) in [4.78, 5) is 59.4. The van der Waals surface area contributed by atoms with Crippen molar-refractivity contribution in [1.82, 2.24) is 39.3 Å². The number of amides is 3. The lowest BCUT2D eigenvalue weighted by Crippen LogP contribution is -2.37. The maximum absolute atomic E-state index is 12.2. The number of nitrogens with two attached hydrogens (primary N) is 1. The number of hydrogen-bond donors (Lipinski definition) is 3. The molecule has 56 heavy (non-hydrogen) atoms. The van der Waals surface area contributed by atoms with E-state index in [4.69, 9.17) is 10.5 Å². The summed E-state index contributed by atoms with van der Waals surface area (Å²) in [6.45, 7) is 2.93. The molecule has 16 nitrogen and oxygen atoms in total. The number of aliphatic hydroxyl groups is 2. The zero-order chi connectivity index (χ0) is 39.8. The summed E-state index contributed by atoms with van der Waals surface area (Å²) < 4.78 is 9.44. The largest absolute Gasteiger partial charge is 0.461 e. The summed E-state index contributed by atoms with van der Waals surface area (Å²) in [6.07, 6.45) is 0.548. The third-order valence-electron chi connectivity index (χ3n) is 9.06. The molecule has 284 valence electrons. The van der Waals surface area contributed by atoms with Gasteiger partial charge in [0.25, 0.3) is 17.7 Å². The molecule has 3 amide bonds. The Kier molecular flexibility index (Phi) is 10.1. The molecule has 4 N–H and O–H groups in total. The van der Waals surface area contributed by atoms with Crippen LogP contribution in [-0.2, 0) is 14.3 Å². The molecule has 6 aromatic rings. The van der Waals surface area contributed by atoms with Crippen LogP contribution in [-0.4, -0.2) is 118 Å². The minimum absolute atomic E-state index is 0.165. The van der Waals surface area contributed by atoms with Gasteiger partial charge in [0, 0.05) is 51.2 Å². The Bertz CT molecular complexity index is 2680. The molecule has 0 bridgehead atoms. The van der Waals surface area contributed by atoms with Crippen LogP contribution >= 0.6 is 22.7 Å². The molecule has 18 heteroatoms. The first-order valence-electron chi connectivity index (χ1n) is 17.2. The predicted octanol–water partition coefficient (Wildman–Crippen LogP) is 2.13. The van der Waals surface area contributed by atoms with Crippen molar-refractivity contribution in [3.05, 3.63) is 82.1 Å². The van der Waals surface area contributed by atoms with Crippen LogP contribution in [0.4, 0.5) is 0 Å². The lowest BCUT2D eigenvalue weighted by atomic mass is 10.0. The van der Waals surface area contributed by atoms with Gasteiger partial charge in [-0.05, 0) is 43.3 Å². The fourth-order valence-electron chi connectivity index (χ4n) is 6.07. The third kappa shape index (κ3) is 7.09. The van der Waals surface area contributed by atoms with Gasteiger partial charge < -0.3 is 30.5 Å². The van der Waals surface area contributed by atoms with Gasteiger partial charge in [-0.3, -0.25) is 14.4 Å². The number of hydrogen-bond acceptors (Lipinski definition) is 13. The predicted molar refractivity (Wildman–Crippen MR) is 206 cm³/mol. The quantitative estimate of drug-likeness (QED) is 0.170. The minimum atomic E-state index is -1.66. The average molecular weight is 792 g/mol. The van der Waals surface area contributed by atoms with Crippen LogP contribution in [0.1, 0.15) is 51.9 Å². The molecule has 0 radical (unpaired) electrons. The summed E-state index contributed by atoms with van der Waals surface area (Å²) >= 11 is 2.61. The lowest BCUT2D eigenvalue weighted by molar-refractivity contribution is -0.138. The number of ether oxygens (including phenoxy) is 1.